The average Bonchev–Trinajstić information content (AvgIpc) is 3.42. The van der Waals surface area contributed by atoms with Crippen LogP contribution in [0.2, 0.25) is 0 Å². The molecule has 49 heavy (non-hydrogen) atoms. The molecular formula is C39H36N2O6S2. The van der Waals surface area contributed by atoms with E-state index in [1.165, 1.54) is 29.2 Å². The van der Waals surface area contributed by atoms with Crippen LogP contribution >= 0.6 is 23.1 Å². The third-order valence-electron chi connectivity index (χ3n) is 8.45. The number of carboxylic acids is 1. The van der Waals surface area contributed by atoms with Gasteiger partial charge >= 0.3 is 11.9 Å². The molecule has 0 bridgehead atoms. The molecule has 0 saturated carbocycles. The summed E-state index contributed by atoms with van der Waals surface area (Å²) in [5.74, 6) is -2.25. The molecule has 0 aliphatic heterocycles. The highest BCUT2D eigenvalue weighted by atomic mass is 32.2. The first-order valence-electron chi connectivity index (χ1n) is 16.3. The second-order valence-electron chi connectivity index (χ2n) is 11.7. The molecule has 1 aliphatic rings. The van der Waals surface area contributed by atoms with Gasteiger partial charge in [-0.05, 0) is 79.5 Å². The molecule has 0 saturated heterocycles. The summed E-state index contributed by atoms with van der Waals surface area (Å²) in [6.07, 6.45) is 5.93. The van der Waals surface area contributed by atoms with E-state index in [0.717, 1.165) is 59.4 Å². The summed E-state index contributed by atoms with van der Waals surface area (Å²) in [6.45, 7) is 2.02. The van der Waals surface area contributed by atoms with Crippen molar-refractivity contribution in [3.05, 3.63) is 124 Å². The molecular weight excluding hydrogens is 657 g/mol. The minimum Gasteiger partial charge on any atom is -0.478 e. The first-order valence-corrected chi connectivity index (χ1v) is 18.0. The van der Waals surface area contributed by atoms with Crippen molar-refractivity contribution in [3.8, 4) is 0 Å². The number of ether oxygens (including phenoxy) is 1. The molecule has 0 spiro atoms. The molecule has 1 aliphatic carbocycles. The van der Waals surface area contributed by atoms with E-state index in [9.17, 15) is 24.3 Å². The summed E-state index contributed by atoms with van der Waals surface area (Å²) < 4.78 is 5.45. The number of esters is 1. The molecule has 6 rings (SSSR count). The molecule has 1 unspecified atom stereocenters. The van der Waals surface area contributed by atoms with Gasteiger partial charge < -0.3 is 20.5 Å². The van der Waals surface area contributed by atoms with Gasteiger partial charge in [0.2, 0.25) is 5.91 Å². The molecule has 2 amide bonds. The lowest BCUT2D eigenvalue weighted by Gasteiger charge is -2.18. The summed E-state index contributed by atoms with van der Waals surface area (Å²) in [6, 6.07) is 26.6. The number of carbonyl (C=O) groups excluding carboxylic acids is 3. The number of fused-ring (bicyclic) bond motifs is 2. The summed E-state index contributed by atoms with van der Waals surface area (Å²) in [4.78, 5) is 54.7. The van der Waals surface area contributed by atoms with Crippen LogP contribution in [-0.4, -0.2) is 35.5 Å². The molecule has 5 aromatic rings. The number of nitrogens with one attached hydrogen (secondary N) is 2. The van der Waals surface area contributed by atoms with Crippen LogP contribution in [0.1, 0.15) is 84.9 Å². The SMILES string of the molecule is CCOC(=O)c1c(NC(=O)C(Sc2cccc(NC(=O)c3cccc4cccc(C(=O)O)c34)c2)c2ccccc2)sc2c1CCCCCC2. The van der Waals surface area contributed by atoms with E-state index in [4.69, 9.17) is 4.74 Å². The lowest BCUT2D eigenvalue weighted by atomic mass is 9.96. The van der Waals surface area contributed by atoms with Gasteiger partial charge in [-0.3, -0.25) is 9.59 Å². The topological polar surface area (TPSA) is 122 Å². The number of aromatic carboxylic acids is 1. The highest BCUT2D eigenvalue weighted by Gasteiger charge is 2.29. The standard InChI is InChI=1S/C39H36N2O6S2/c1-2-47-39(46)33-28-19-8-3-4-9-22-31(28)49-37(33)41-36(43)34(25-13-6-5-7-14-25)48-27-18-12-17-26(23-27)40-35(42)29-20-10-15-24-16-11-21-30(32(24)29)38(44)45/h5-7,10-18,20-21,23,34H,2-4,8-9,19,22H2,1H3,(H,40,42)(H,41,43)(H,44,45). The number of hydrogen-bond donors (Lipinski definition) is 3. The maximum absolute atomic E-state index is 14.2. The van der Waals surface area contributed by atoms with Crippen LogP contribution in [0.15, 0.2) is 95.9 Å². The Morgan fingerprint density at radius 3 is 2.29 bits per heavy atom. The van der Waals surface area contributed by atoms with Crippen LogP contribution in [0.4, 0.5) is 10.7 Å². The molecule has 3 N–H and O–H groups in total. The second kappa shape index (κ2) is 15.5. The van der Waals surface area contributed by atoms with Crippen LogP contribution in [0.3, 0.4) is 0 Å². The monoisotopic (exact) mass is 692 g/mol. The molecule has 0 radical (unpaired) electrons. The smallest absolute Gasteiger partial charge is 0.341 e. The Hall–Kier alpha value is -4.93. The van der Waals surface area contributed by atoms with Gasteiger partial charge in [-0.1, -0.05) is 73.5 Å². The Kier molecular flexibility index (Phi) is 10.8. The predicted molar refractivity (Wildman–Crippen MR) is 195 cm³/mol. The zero-order chi connectivity index (χ0) is 34.3. The van der Waals surface area contributed by atoms with E-state index in [0.29, 0.717) is 27.0 Å². The third-order valence-corrected chi connectivity index (χ3v) is 10.9. The molecule has 1 aromatic heterocycles. The number of aryl methyl sites for hydroxylation is 1. The van der Waals surface area contributed by atoms with Crippen molar-refractivity contribution in [1.29, 1.82) is 0 Å². The Bertz CT molecular complexity index is 2020. The van der Waals surface area contributed by atoms with Gasteiger partial charge in [0.1, 0.15) is 10.3 Å². The molecule has 250 valence electrons. The summed E-state index contributed by atoms with van der Waals surface area (Å²) >= 11 is 2.80. The van der Waals surface area contributed by atoms with Crippen molar-refractivity contribution in [2.24, 2.45) is 0 Å². The molecule has 10 heteroatoms. The number of carboxylic acid groups (broad SMARTS) is 1. The van der Waals surface area contributed by atoms with Gasteiger partial charge in [0.15, 0.2) is 0 Å². The van der Waals surface area contributed by atoms with Crippen molar-refractivity contribution in [1.82, 2.24) is 0 Å². The van der Waals surface area contributed by atoms with Gasteiger partial charge in [-0.25, -0.2) is 9.59 Å². The Balaban J connectivity index is 1.28. The zero-order valence-electron chi connectivity index (χ0n) is 27.0. The molecule has 0 fully saturated rings. The third kappa shape index (κ3) is 7.71. The largest absolute Gasteiger partial charge is 0.478 e. The normalized spacial score (nSPS) is 13.4. The van der Waals surface area contributed by atoms with Crippen molar-refractivity contribution in [2.75, 3.05) is 17.2 Å². The lowest BCUT2D eigenvalue weighted by Crippen LogP contribution is -2.20. The Morgan fingerprint density at radius 2 is 1.55 bits per heavy atom. The molecule has 1 atom stereocenters. The highest BCUT2D eigenvalue weighted by molar-refractivity contribution is 8.00. The zero-order valence-corrected chi connectivity index (χ0v) is 28.6. The van der Waals surface area contributed by atoms with Gasteiger partial charge in [0.05, 0.1) is 17.7 Å². The maximum atomic E-state index is 14.2. The summed E-state index contributed by atoms with van der Waals surface area (Å²) in [5.41, 5.74) is 3.04. The number of carbonyl (C=O) groups is 4. The minimum absolute atomic E-state index is 0.0492. The van der Waals surface area contributed by atoms with Gasteiger partial charge in [0, 0.05) is 26.4 Å². The van der Waals surface area contributed by atoms with Gasteiger partial charge in [-0.15, -0.1) is 23.1 Å². The number of thiophene rings is 1. The van der Waals surface area contributed by atoms with Crippen LogP contribution in [0.25, 0.3) is 10.8 Å². The fraction of sp³-hybridized carbons (Fsp3) is 0.231. The Labute approximate surface area is 292 Å². The van der Waals surface area contributed by atoms with E-state index in [2.05, 4.69) is 10.6 Å². The fourth-order valence-corrected chi connectivity index (χ4v) is 8.56. The number of rotatable bonds is 10. The van der Waals surface area contributed by atoms with E-state index >= 15 is 0 Å². The van der Waals surface area contributed by atoms with Crippen molar-refractivity contribution < 1.29 is 29.0 Å². The second-order valence-corrected chi connectivity index (χ2v) is 14.0. The first kappa shape index (κ1) is 34.0. The van der Waals surface area contributed by atoms with Crippen molar-refractivity contribution in [2.45, 2.75) is 55.6 Å². The number of amides is 2. The van der Waals surface area contributed by atoms with E-state index in [-0.39, 0.29) is 23.6 Å². The average molecular weight is 693 g/mol. The summed E-state index contributed by atoms with van der Waals surface area (Å²) in [7, 11) is 0. The van der Waals surface area contributed by atoms with Crippen LogP contribution in [0, 0.1) is 0 Å². The Morgan fingerprint density at radius 1 is 0.837 bits per heavy atom. The van der Waals surface area contributed by atoms with Gasteiger partial charge in [0.25, 0.3) is 5.91 Å². The van der Waals surface area contributed by atoms with Crippen LogP contribution < -0.4 is 10.6 Å². The van der Waals surface area contributed by atoms with E-state index in [1.54, 1.807) is 55.5 Å². The fourth-order valence-electron chi connectivity index (χ4n) is 6.20. The van der Waals surface area contributed by atoms with Crippen molar-refractivity contribution in [3.63, 3.8) is 0 Å². The predicted octanol–water partition coefficient (Wildman–Crippen LogP) is 9.16. The minimum atomic E-state index is -1.11. The number of anilines is 2. The number of thioether (sulfide) groups is 1. The lowest BCUT2D eigenvalue weighted by molar-refractivity contribution is -0.115. The van der Waals surface area contributed by atoms with Crippen LogP contribution in [-0.2, 0) is 22.4 Å². The number of benzene rings is 4. The van der Waals surface area contributed by atoms with Crippen molar-refractivity contribution >= 4 is 68.3 Å². The molecule has 1 heterocycles. The van der Waals surface area contributed by atoms with E-state index in [1.807, 2.05) is 36.4 Å². The number of hydrogen-bond acceptors (Lipinski definition) is 7. The molecule has 4 aromatic carbocycles. The highest BCUT2D eigenvalue weighted by Crippen LogP contribution is 2.41. The summed E-state index contributed by atoms with van der Waals surface area (Å²) in [5, 5.41) is 16.7. The van der Waals surface area contributed by atoms with Gasteiger partial charge in [-0.2, -0.15) is 0 Å². The maximum Gasteiger partial charge on any atom is 0.341 e. The first-order chi connectivity index (χ1) is 23.8. The molecule has 8 nitrogen and oxygen atoms in total. The quantitative estimate of drug-likeness (QED) is 0.0986. The van der Waals surface area contributed by atoms with Crippen LogP contribution in [0.5, 0.6) is 0 Å². The van der Waals surface area contributed by atoms with E-state index < -0.39 is 23.1 Å².